The molecule has 1 atom stereocenters. The highest BCUT2D eigenvalue weighted by molar-refractivity contribution is 5.83. The number of para-hydroxylation sites is 1. The van der Waals surface area contributed by atoms with Crippen LogP contribution in [0, 0.1) is 5.41 Å². The second-order valence-corrected chi connectivity index (χ2v) is 5.70. The molecule has 21 heavy (non-hydrogen) atoms. The molecule has 0 unspecified atom stereocenters. The van der Waals surface area contributed by atoms with E-state index in [0.29, 0.717) is 6.61 Å². The highest BCUT2D eigenvalue weighted by Crippen LogP contribution is 2.19. The Bertz CT molecular complexity index is 468. The van der Waals surface area contributed by atoms with Crippen LogP contribution >= 0.6 is 0 Å². The summed E-state index contributed by atoms with van der Waals surface area (Å²) in [6.45, 7) is 5.86. The molecule has 0 saturated heterocycles. The molecule has 1 rings (SSSR count). The van der Waals surface area contributed by atoms with Crippen LogP contribution in [0.15, 0.2) is 30.3 Å². The number of amides is 2. The maximum absolute atomic E-state index is 11.7. The van der Waals surface area contributed by atoms with E-state index in [1.54, 1.807) is 20.8 Å². The van der Waals surface area contributed by atoms with Crippen LogP contribution in [-0.2, 0) is 4.79 Å². The molecule has 0 heterocycles. The minimum Gasteiger partial charge on any atom is -0.492 e. The summed E-state index contributed by atoms with van der Waals surface area (Å²) in [5.74, 6) is -0.337. The summed E-state index contributed by atoms with van der Waals surface area (Å²) in [5.41, 5.74) is -0.566. The molecule has 6 heteroatoms. The Hall–Kier alpha value is -2.24. The number of rotatable bonds is 6. The first-order valence-electron chi connectivity index (χ1n) is 6.75. The van der Waals surface area contributed by atoms with E-state index in [2.05, 4.69) is 10.6 Å². The van der Waals surface area contributed by atoms with Crippen molar-refractivity contribution in [2.24, 2.45) is 5.41 Å². The summed E-state index contributed by atoms with van der Waals surface area (Å²) in [6, 6.07) is 7.77. The van der Waals surface area contributed by atoms with E-state index in [1.165, 1.54) is 0 Å². The number of carboxylic acid groups (broad SMARTS) is 1. The molecule has 0 bridgehead atoms. The Morgan fingerprint density at radius 1 is 1.24 bits per heavy atom. The van der Waals surface area contributed by atoms with E-state index in [1.807, 2.05) is 30.3 Å². The lowest BCUT2D eigenvalue weighted by atomic mass is 9.87. The van der Waals surface area contributed by atoms with Crippen molar-refractivity contribution in [2.75, 3.05) is 13.2 Å². The van der Waals surface area contributed by atoms with Crippen LogP contribution in [0.25, 0.3) is 0 Å². The van der Waals surface area contributed by atoms with E-state index in [4.69, 9.17) is 9.84 Å². The van der Waals surface area contributed by atoms with E-state index in [9.17, 15) is 9.59 Å². The number of ether oxygens (including phenoxy) is 1. The molecule has 0 saturated carbocycles. The maximum Gasteiger partial charge on any atom is 0.326 e. The summed E-state index contributed by atoms with van der Waals surface area (Å²) in [7, 11) is 0. The van der Waals surface area contributed by atoms with Crippen molar-refractivity contribution in [1.82, 2.24) is 10.6 Å². The van der Waals surface area contributed by atoms with Gasteiger partial charge in [0, 0.05) is 0 Å². The highest BCUT2D eigenvalue weighted by atomic mass is 16.5. The van der Waals surface area contributed by atoms with Gasteiger partial charge in [-0.2, -0.15) is 0 Å². The fourth-order valence-electron chi connectivity index (χ4n) is 1.68. The number of carbonyl (C=O) groups is 2. The highest BCUT2D eigenvalue weighted by Gasteiger charge is 2.32. The van der Waals surface area contributed by atoms with Crippen LogP contribution in [0.1, 0.15) is 20.8 Å². The van der Waals surface area contributed by atoms with Crippen molar-refractivity contribution in [1.29, 1.82) is 0 Å². The predicted molar refractivity (Wildman–Crippen MR) is 79.4 cm³/mol. The fraction of sp³-hybridized carbons (Fsp3) is 0.467. The molecular weight excluding hydrogens is 272 g/mol. The minimum atomic E-state index is -1.06. The molecule has 3 N–H and O–H groups in total. The van der Waals surface area contributed by atoms with Gasteiger partial charge in [-0.05, 0) is 17.5 Å². The molecule has 0 spiro atoms. The second kappa shape index (κ2) is 7.52. The Balaban J connectivity index is 2.32. The van der Waals surface area contributed by atoms with Crippen LogP contribution < -0.4 is 15.4 Å². The van der Waals surface area contributed by atoms with Crippen LogP contribution in [0.5, 0.6) is 5.75 Å². The lowest BCUT2D eigenvalue weighted by Crippen LogP contribution is -2.52. The molecule has 1 aromatic rings. The average Bonchev–Trinajstić information content (AvgIpc) is 2.40. The van der Waals surface area contributed by atoms with Crippen molar-refractivity contribution in [3.63, 3.8) is 0 Å². The molecule has 2 amide bonds. The van der Waals surface area contributed by atoms with E-state index in [0.717, 1.165) is 5.75 Å². The van der Waals surface area contributed by atoms with Gasteiger partial charge in [0.2, 0.25) is 0 Å². The smallest absolute Gasteiger partial charge is 0.326 e. The normalized spacial score (nSPS) is 12.3. The Labute approximate surface area is 124 Å². The van der Waals surface area contributed by atoms with Gasteiger partial charge in [0.25, 0.3) is 0 Å². The molecule has 6 nitrogen and oxygen atoms in total. The molecule has 116 valence electrons. The average molecular weight is 294 g/mol. The third-order valence-corrected chi connectivity index (χ3v) is 2.79. The standard InChI is InChI=1S/C15H22N2O4/c1-15(2,3)12(13(18)19)17-14(20)16-9-10-21-11-7-5-4-6-8-11/h4-8,12H,9-10H2,1-3H3,(H,18,19)(H2,16,17,20)/t12-/m1/s1. The Morgan fingerprint density at radius 2 is 1.86 bits per heavy atom. The first-order chi connectivity index (χ1) is 9.80. The first-order valence-corrected chi connectivity index (χ1v) is 6.75. The van der Waals surface area contributed by atoms with Crippen molar-refractivity contribution < 1.29 is 19.4 Å². The zero-order valence-corrected chi connectivity index (χ0v) is 12.6. The summed E-state index contributed by atoms with van der Waals surface area (Å²) in [5, 5.41) is 14.1. The third-order valence-electron chi connectivity index (χ3n) is 2.79. The summed E-state index contributed by atoms with van der Waals surface area (Å²) in [4.78, 5) is 22.8. The molecule has 0 aliphatic heterocycles. The van der Waals surface area contributed by atoms with Gasteiger partial charge in [-0.15, -0.1) is 0 Å². The van der Waals surface area contributed by atoms with Gasteiger partial charge in [-0.1, -0.05) is 39.0 Å². The molecule has 0 aliphatic carbocycles. The zero-order chi connectivity index (χ0) is 15.9. The molecular formula is C15H22N2O4. The summed E-state index contributed by atoms with van der Waals surface area (Å²) >= 11 is 0. The van der Waals surface area contributed by atoms with E-state index >= 15 is 0 Å². The first kappa shape index (κ1) is 16.8. The SMILES string of the molecule is CC(C)(C)[C@H](NC(=O)NCCOc1ccccc1)C(=O)O. The van der Waals surface area contributed by atoms with Gasteiger partial charge in [0.05, 0.1) is 6.54 Å². The molecule has 0 aromatic heterocycles. The number of hydrogen-bond acceptors (Lipinski definition) is 3. The fourth-order valence-corrected chi connectivity index (χ4v) is 1.68. The summed E-state index contributed by atoms with van der Waals surface area (Å²) in [6.07, 6.45) is 0. The molecule has 1 aromatic carbocycles. The summed E-state index contributed by atoms with van der Waals surface area (Å²) < 4.78 is 5.42. The third kappa shape index (κ3) is 6.16. The van der Waals surface area contributed by atoms with Crippen molar-refractivity contribution in [3.05, 3.63) is 30.3 Å². The number of benzene rings is 1. The van der Waals surface area contributed by atoms with Gasteiger partial charge < -0.3 is 20.5 Å². The van der Waals surface area contributed by atoms with Gasteiger partial charge >= 0.3 is 12.0 Å². The number of hydrogen-bond donors (Lipinski definition) is 3. The lowest BCUT2D eigenvalue weighted by Gasteiger charge is -2.27. The number of urea groups is 1. The topological polar surface area (TPSA) is 87.7 Å². The van der Waals surface area contributed by atoms with Crippen LogP contribution in [0.3, 0.4) is 0 Å². The Kier molecular flexibility index (Phi) is 6.02. The van der Waals surface area contributed by atoms with Crippen molar-refractivity contribution in [3.8, 4) is 5.75 Å². The predicted octanol–water partition coefficient (Wildman–Crippen LogP) is 1.86. The van der Waals surface area contributed by atoms with Gasteiger partial charge in [0.15, 0.2) is 0 Å². The van der Waals surface area contributed by atoms with Crippen LogP contribution in [-0.4, -0.2) is 36.3 Å². The Morgan fingerprint density at radius 3 is 2.38 bits per heavy atom. The minimum absolute atomic E-state index is 0.289. The van der Waals surface area contributed by atoms with E-state index in [-0.39, 0.29) is 6.54 Å². The molecule has 0 aliphatic rings. The lowest BCUT2D eigenvalue weighted by molar-refractivity contribution is -0.141. The van der Waals surface area contributed by atoms with Crippen LogP contribution in [0.2, 0.25) is 0 Å². The second-order valence-electron chi connectivity index (χ2n) is 5.70. The van der Waals surface area contributed by atoms with Gasteiger partial charge in [0.1, 0.15) is 18.4 Å². The zero-order valence-electron chi connectivity index (χ0n) is 12.6. The number of aliphatic carboxylic acids is 1. The number of nitrogens with one attached hydrogen (secondary N) is 2. The van der Waals surface area contributed by atoms with Crippen LogP contribution in [0.4, 0.5) is 4.79 Å². The largest absolute Gasteiger partial charge is 0.492 e. The number of carboxylic acids is 1. The van der Waals surface area contributed by atoms with Crippen molar-refractivity contribution in [2.45, 2.75) is 26.8 Å². The van der Waals surface area contributed by atoms with Crippen molar-refractivity contribution >= 4 is 12.0 Å². The van der Waals surface area contributed by atoms with Gasteiger partial charge in [-0.25, -0.2) is 9.59 Å². The monoisotopic (exact) mass is 294 g/mol. The molecule has 0 radical (unpaired) electrons. The molecule has 0 fully saturated rings. The van der Waals surface area contributed by atoms with E-state index < -0.39 is 23.5 Å². The quantitative estimate of drug-likeness (QED) is 0.699. The number of carbonyl (C=O) groups excluding carboxylic acids is 1. The van der Waals surface area contributed by atoms with Gasteiger partial charge in [-0.3, -0.25) is 0 Å². The maximum atomic E-state index is 11.7.